The lowest BCUT2D eigenvalue weighted by atomic mass is 10.1. The third-order valence-electron chi connectivity index (χ3n) is 3.81. The van der Waals surface area contributed by atoms with Crippen LogP contribution in [-0.4, -0.2) is 17.6 Å². The number of aryl methyl sites for hydroxylation is 1. The van der Waals surface area contributed by atoms with Gasteiger partial charge in [-0.3, -0.25) is 9.59 Å². The highest BCUT2D eigenvalue weighted by molar-refractivity contribution is 6.06. The van der Waals surface area contributed by atoms with E-state index in [-0.39, 0.29) is 11.3 Å². The molecule has 1 amide bonds. The summed E-state index contributed by atoms with van der Waals surface area (Å²) < 4.78 is 33.5. The summed E-state index contributed by atoms with van der Waals surface area (Å²) in [6, 6.07) is 7.69. The third-order valence-corrected chi connectivity index (χ3v) is 3.81. The topological polar surface area (TPSA) is 60.3 Å². The fourth-order valence-electron chi connectivity index (χ4n) is 2.64. The maximum atomic E-state index is 13.7. The smallest absolute Gasteiger partial charge is 0.261 e. The largest absolute Gasteiger partial charge is 0.495 e. The van der Waals surface area contributed by atoms with E-state index >= 15 is 0 Å². The molecule has 3 rings (SSSR count). The van der Waals surface area contributed by atoms with Gasteiger partial charge in [0.15, 0.2) is 0 Å². The summed E-state index contributed by atoms with van der Waals surface area (Å²) in [6.45, 7) is 0. The van der Waals surface area contributed by atoms with Gasteiger partial charge in [0.1, 0.15) is 22.9 Å². The van der Waals surface area contributed by atoms with E-state index in [9.17, 15) is 18.4 Å². The summed E-state index contributed by atoms with van der Waals surface area (Å²) in [5, 5.41) is 2.59. The number of nitrogens with zero attached hydrogens (tertiary/aromatic N) is 1. The Kier molecular flexibility index (Phi) is 4.22. The average molecular weight is 344 g/mol. The number of carbonyl (C=O) groups excluding carboxylic acids is 1. The number of pyridine rings is 1. The number of anilines is 1. The Balaban J connectivity index is 2.08. The number of benzene rings is 2. The molecule has 0 aliphatic heterocycles. The Morgan fingerprint density at radius 2 is 1.96 bits per heavy atom. The molecular formula is C18H14F2N2O3. The van der Waals surface area contributed by atoms with E-state index in [0.717, 1.165) is 12.1 Å². The summed E-state index contributed by atoms with van der Waals surface area (Å²) in [5.74, 6) is -1.97. The van der Waals surface area contributed by atoms with Crippen LogP contribution in [0.25, 0.3) is 10.9 Å². The summed E-state index contributed by atoms with van der Waals surface area (Å²) in [7, 11) is 3.15. The molecule has 1 aromatic heterocycles. The van der Waals surface area contributed by atoms with E-state index in [1.54, 1.807) is 29.8 Å². The van der Waals surface area contributed by atoms with Crippen molar-refractivity contribution in [3.8, 4) is 5.75 Å². The molecule has 2 aromatic carbocycles. The van der Waals surface area contributed by atoms with Gasteiger partial charge in [0.25, 0.3) is 5.91 Å². The number of carbonyl (C=O) groups is 1. The lowest BCUT2D eigenvalue weighted by Crippen LogP contribution is -2.24. The minimum absolute atomic E-state index is 0.160. The van der Waals surface area contributed by atoms with E-state index in [1.807, 2.05) is 0 Å². The van der Waals surface area contributed by atoms with Crippen molar-refractivity contribution in [3.63, 3.8) is 0 Å². The Morgan fingerprint density at radius 1 is 1.20 bits per heavy atom. The molecule has 25 heavy (non-hydrogen) atoms. The van der Waals surface area contributed by atoms with Crippen molar-refractivity contribution < 1.29 is 18.3 Å². The minimum atomic E-state index is -0.923. The first-order valence-corrected chi connectivity index (χ1v) is 7.35. The molecule has 0 bridgehead atoms. The normalized spacial score (nSPS) is 10.7. The number of nitrogens with one attached hydrogen (secondary N) is 1. The molecule has 0 radical (unpaired) electrons. The van der Waals surface area contributed by atoms with Crippen molar-refractivity contribution in [1.82, 2.24) is 4.57 Å². The SMILES string of the molecule is COc1cccc2c(=O)c(C(=O)Nc3ccc(F)cc3F)cn(C)c12. The lowest BCUT2D eigenvalue weighted by Gasteiger charge is -2.12. The predicted octanol–water partition coefficient (Wildman–Crippen LogP) is 3.08. The molecule has 0 fully saturated rings. The predicted molar refractivity (Wildman–Crippen MR) is 90.1 cm³/mol. The minimum Gasteiger partial charge on any atom is -0.495 e. The Morgan fingerprint density at radius 3 is 2.64 bits per heavy atom. The molecule has 7 heteroatoms. The maximum absolute atomic E-state index is 13.7. The zero-order valence-electron chi connectivity index (χ0n) is 13.5. The Hall–Kier alpha value is -3.22. The lowest BCUT2D eigenvalue weighted by molar-refractivity contribution is 0.102. The highest BCUT2D eigenvalue weighted by Gasteiger charge is 2.18. The van der Waals surface area contributed by atoms with Crippen LogP contribution in [0.5, 0.6) is 5.75 Å². The molecule has 0 atom stereocenters. The molecule has 0 unspecified atom stereocenters. The van der Waals surface area contributed by atoms with Crippen LogP contribution < -0.4 is 15.5 Å². The van der Waals surface area contributed by atoms with E-state index < -0.39 is 23.0 Å². The van der Waals surface area contributed by atoms with Crippen LogP contribution in [0.4, 0.5) is 14.5 Å². The molecule has 3 aromatic rings. The molecule has 0 saturated carbocycles. The first-order chi connectivity index (χ1) is 11.9. The number of rotatable bonds is 3. The second-order valence-corrected chi connectivity index (χ2v) is 5.42. The third kappa shape index (κ3) is 2.96. The van der Waals surface area contributed by atoms with Crippen LogP contribution in [0, 0.1) is 11.6 Å². The van der Waals surface area contributed by atoms with Crippen molar-refractivity contribution in [2.45, 2.75) is 0 Å². The van der Waals surface area contributed by atoms with Crippen molar-refractivity contribution in [2.75, 3.05) is 12.4 Å². The van der Waals surface area contributed by atoms with Gasteiger partial charge in [0, 0.05) is 19.3 Å². The highest BCUT2D eigenvalue weighted by atomic mass is 19.1. The molecule has 1 heterocycles. The summed E-state index contributed by atoms with van der Waals surface area (Å²) in [5.41, 5.74) is -0.335. The van der Waals surface area contributed by atoms with E-state index in [2.05, 4.69) is 5.32 Å². The molecule has 5 nitrogen and oxygen atoms in total. The van der Waals surface area contributed by atoms with Crippen molar-refractivity contribution >= 4 is 22.5 Å². The standard InChI is InChI=1S/C18H14F2N2O3/c1-22-9-12(17(23)11-4-3-5-15(25-2)16(11)22)18(24)21-14-7-6-10(19)8-13(14)20/h3-9H,1-2H3,(H,21,24). The van der Waals surface area contributed by atoms with Crippen molar-refractivity contribution in [3.05, 3.63) is 70.0 Å². The number of aromatic nitrogens is 1. The summed E-state index contributed by atoms with van der Waals surface area (Å²) in [4.78, 5) is 25.0. The summed E-state index contributed by atoms with van der Waals surface area (Å²) in [6.07, 6.45) is 1.35. The van der Waals surface area contributed by atoms with Gasteiger partial charge in [0.05, 0.1) is 23.7 Å². The molecule has 0 aliphatic rings. The van der Waals surface area contributed by atoms with Gasteiger partial charge in [-0.1, -0.05) is 6.07 Å². The zero-order chi connectivity index (χ0) is 18.1. The number of halogens is 2. The molecule has 1 N–H and O–H groups in total. The van der Waals surface area contributed by atoms with Crippen LogP contribution in [-0.2, 0) is 7.05 Å². The Bertz CT molecular complexity index is 1040. The molecule has 0 saturated heterocycles. The fraction of sp³-hybridized carbons (Fsp3) is 0.111. The summed E-state index contributed by atoms with van der Waals surface area (Å²) >= 11 is 0. The molecular weight excluding hydrogens is 330 g/mol. The first kappa shape index (κ1) is 16.6. The highest BCUT2D eigenvalue weighted by Crippen LogP contribution is 2.23. The van der Waals surface area contributed by atoms with Gasteiger partial charge < -0.3 is 14.6 Å². The fourth-order valence-corrected chi connectivity index (χ4v) is 2.64. The van der Waals surface area contributed by atoms with Gasteiger partial charge in [-0.25, -0.2) is 8.78 Å². The monoisotopic (exact) mass is 344 g/mol. The van der Waals surface area contributed by atoms with Crippen molar-refractivity contribution in [1.29, 1.82) is 0 Å². The number of hydrogen-bond donors (Lipinski definition) is 1. The van der Waals surface area contributed by atoms with E-state index in [4.69, 9.17) is 4.74 Å². The number of methoxy groups -OCH3 is 1. The van der Waals surface area contributed by atoms with Crippen molar-refractivity contribution in [2.24, 2.45) is 7.05 Å². The van der Waals surface area contributed by atoms with Crippen LogP contribution in [0.15, 0.2) is 47.4 Å². The van der Waals surface area contributed by atoms with Crippen LogP contribution in [0.3, 0.4) is 0 Å². The first-order valence-electron chi connectivity index (χ1n) is 7.35. The number of ether oxygens (including phenoxy) is 1. The number of hydrogen-bond acceptors (Lipinski definition) is 3. The molecule has 0 aliphatic carbocycles. The number of para-hydroxylation sites is 1. The quantitative estimate of drug-likeness (QED) is 0.794. The average Bonchev–Trinajstić information content (AvgIpc) is 2.59. The number of fused-ring (bicyclic) bond motifs is 1. The van der Waals surface area contributed by atoms with Gasteiger partial charge in [-0.15, -0.1) is 0 Å². The molecule has 0 spiro atoms. The Labute approximate surface area is 141 Å². The second-order valence-electron chi connectivity index (χ2n) is 5.42. The maximum Gasteiger partial charge on any atom is 0.261 e. The second kappa shape index (κ2) is 6.35. The van der Waals surface area contributed by atoms with Gasteiger partial charge in [-0.2, -0.15) is 0 Å². The van der Waals surface area contributed by atoms with Crippen LogP contribution in [0.2, 0.25) is 0 Å². The van der Waals surface area contributed by atoms with Gasteiger partial charge in [0.2, 0.25) is 5.43 Å². The van der Waals surface area contributed by atoms with Gasteiger partial charge >= 0.3 is 0 Å². The van der Waals surface area contributed by atoms with Gasteiger partial charge in [-0.05, 0) is 24.3 Å². The van der Waals surface area contributed by atoms with E-state index in [0.29, 0.717) is 22.7 Å². The van der Waals surface area contributed by atoms with E-state index in [1.165, 1.54) is 13.3 Å². The molecule has 128 valence electrons. The zero-order valence-corrected chi connectivity index (χ0v) is 13.5. The van der Waals surface area contributed by atoms with Crippen LogP contribution in [0.1, 0.15) is 10.4 Å². The van der Waals surface area contributed by atoms with Crippen LogP contribution >= 0.6 is 0 Å². The number of amides is 1.